The molecule has 116 valence electrons. The minimum atomic E-state index is -0.545. The van der Waals surface area contributed by atoms with E-state index in [1.165, 1.54) is 6.08 Å². The largest absolute Gasteiger partial charge is 0.326 e. The monoisotopic (exact) mass is 300 g/mol. The first-order valence-electron chi connectivity index (χ1n) is 7.52. The maximum atomic E-state index is 11.0. The number of hydrogen-bond acceptors (Lipinski definition) is 4. The van der Waals surface area contributed by atoms with Gasteiger partial charge < -0.3 is 9.47 Å². The van der Waals surface area contributed by atoms with Gasteiger partial charge >= 0.3 is 0 Å². The zero-order valence-corrected chi connectivity index (χ0v) is 12.6. The molecule has 1 fully saturated rings. The number of likely N-dealkylation sites (N-methyl/N-ethyl adjacent to an activating group) is 1. The molecule has 1 aromatic carbocycles. The molecule has 1 atom stereocenters. The number of amides is 1. The molecular weight excluding hydrogens is 280 g/mol. The zero-order chi connectivity index (χ0) is 15.5. The van der Waals surface area contributed by atoms with Gasteiger partial charge in [-0.3, -0.25) is 10.0 Å². The number of hydroxylamine groups is 1. The summed E-state index contributed by atoms with van der Waals surface area (Å²) in [6.45, 7) is 5.48. The molecule has 0 saturated carbocycles. The molecule has 1 amide bonds. The molecule has 0 bridgehead atoms. The number of nitrogens with zero attached hydrogens (tertiary/aromatic N) is 3. The number of rotatable bonds is 4. The van der Waals surface area contributed by atoms with Gasteiger partial charge in [-0.2, -0.15) is 0 Å². The number of likely N-dealkylation sites (tertiary alicyclic amines) is 1. The van der Waals surface area contributed by atoms with E-state index in [0.29, 0.717) is 6.04 Å². The summed E-state index contributed by atoms with van der Waals surface area (Å²) in [6, 6.07) is 6.41. The van der Waals surface area contributed by atoms with E-state index < -0.39 is 5.91 Å². The van der Waals surface area contributed by atoms with Crippen molar-refractivity contribution in [3.8, 4) is 0 Å². The second-order valence-corrected chi connectivity index (χ2v) is 5.55. The molecule has 3 rings (SSSR count). The molecule has 6 heteroatoms. The highest BCUT2D eigenvalue weighted by molar-refractivity contribution is 5.91. The number of aromatic nitrogens is 2. The van der Waals surface area contributed by atoms with Crippen LogP contribution in [0.1, 0.15) is 24.9 Å². The Labute approximate surface area is 129 Å². The van der Waals surface area contributed by atoms with Crippen molar-refractivity contribution in [2.24, 2.45) is 0 Å². The Morgan fingerprint density at radius 3 is 3.14 bits per heavy atom. The number of nitrogens with one attached hydrogen (secondary N) is 1. The van der Waals surface area contributed by atoms with Crippen LogP contribution in [-0.4, -0.2) is 45.2 Å². The summed E-state index contributed by atoms with van der Waals surface area (Å²) in [7, 11) is 0. The minimum absolute atomic E-state index is 0.478. The summed E-state index contributed by atoms with van der Waals surface area (Å²) < 4.78 is 2.25. The van der Waals surface area contributed by atoms with Gasteiger partial charge in [0.05, 0.1) is 17.4 Å². The molecule has 1 unspecified atom stereocenters. The van der Waals surface area contributed by atoms with Crippen LogP contribution in [0.4, 0.5) is 0 Å². The van der Waals surface area contributed by atoms with E-state index in [2.05, 4.69) is 21.4 Å². The summed E-state index contributed by atoms with van der Waals surface area (Å²) in [5, 5.41) is 8.48. The van der Waals surface area contributed by atoms with Gasteiger partial charge in [0.1, 0.15) is 0 Å². The summed E-state index contributed by atoms with van der Waals surface area (Å²) in [5.74, 6) is -0.545. The Bertz CT molecular complexity index is 707. The predicted octanol–water partition coefficient (Wildman–Crippen LogP) is 1.82. The summed E-state index contributed by atoms with van der Waals surface area (Å²) in [5.41, 5.74) is 4.49. The van der Waals surface area contributed by atoms with Crippen molar-refractivity contribution in [3.63, 3.8) is 0 Å². The van der Waals surface area contributed by atoms with Gasteiger partial charge in [-0.05, 0) is 36.7 Å². The van der Waals surface area contributed by atoms with Crippen molar-refractivity contribution in [2.75, 3.05) is 19.6 Å². The molecule has 2 N–H and O–H groups in total. The van der Waals surface area contributed by atoms with Crippen LogP contribution in [-0.2, 0) is 4.79 Å². The van der Waals surface area contributed by atoms with Crippen molar-refractivity contribution < 1.29 is 10.0 Å². The highest BCUT2D eigenvalue weighted by Crippen LogP contribution is 2.26. The number of fused-ring (bicyclic) bond motifs is 1. The lowest BCUT2D eigenvalue weighted by Crippen LogP contribution is -2.20. The summed E-state index contributed by atoms with van der Waals surface area (Å²) >= 11 is 0. The van der Waals surface area contributed by atoms with E-state index in [4.69, 9.17) is 5.21 Å². The normalized spacial score (nSPS) is 19.3. The third-order valence-corrected chi connectivity index (χ3v) is 4.22. The quantitative estimate of drug-likeness (QED) is 0.513. The Morgan fingerprint density at radius 2 is 2.41 bits per heavy atom. The Morgan fingerprint density at radius 1 is 1.55 bits per heavy atom. The molecule has 1 aliphatic heterocycles. The molecule has 22 heavy (non-hydrogen) atoms. The van der Waals surface area contributed by atoms with Gasteiger partial charge in [0.15, 0.2) is 0 Å². The van der Waals surface area contributed by atoms with Gasteiger partial charge in [0.25, 0.3) is 5.91 Å². The minimum Gasteiger partial charge on any atom is -0.326 e. The highest BCUT2D eigenvalue weighted by atomic mass is 16.5. The molecule has 0 aliphatic carbocycles. The molecule has 2 aromatic rings. The average molecular weight is 300 g/mol. The highest BCUT2D eigenvalue weighted by Gasteiger charge is 2.23. The van der Waals surface area contributed by atoms with Gasteiger partial charge in [0.2, 0.25) is 0 Å². The van der Waals surface area contributed by atoms with E-state index in [0.717, 1.165) is 42.7 Å². The molecule has 2 heterocycles. The van der Waals surface area contributed by atoms with Crippen molar-refractivity contribution in [1.82, 2.24) is 19.9 Å². The second-order valence-electron chi connectivity index (χ2n) is 5.55. The van der Waals surface area contributed by atoms with E-state index in [1.54, 1.807) is 11.6 Å². The van der Waals surface area contributed by atoms with E-state index in [1.807, 2.05) is 24.5 Å². The first-order valence-corrected chi connectivity index (χ1v) is 7.52. The average Bonchev–Trinajstić information content (AvgIpc) is 3.18. The van der Waals surface area contributed by atoms with E-state index in [-0.39, 0.29) is 0 Å². The fourth-order valence-corrected chi connectivity index (χ4v) is 2.98. The standard InChI is InChI=1S/C16H20N4O2/c1-2-19-8-7-13(10-19)20-11-17-14-9-12(3-5-15(14)20)4-6-16(21)18-22/h3-6,9,11,13,22H,2,7-8,10H2,1H3,(H,18,21)/b6-4+. The topological polar surface area (TPSA) is 70.4 Å². The van der Waals surface area contributed by atoms with E-state index in [9.17, 15) is 4.79 Å². The maximum Gasteiger partial charge on any atom is 0.267 e. The predicted molar refractivity (Wildman–Crippen MR) is 84.5 cm³/mol. The Hall–Kier alpha value is -2.18. The third-order valence-electron chi connectivity index (χ3n) is 4.22. The first kappa shape index (κ1) is 14.7. The fraction of sp³-hybridized carbons (Fsp3) is 0.375. The first-order chi connectivity index (χ1) is 10.7. The molecule has 0 spiro atoms. The van der Waals surface area contributed by atoms with Gasteiger partial charge in [0, 0.05) is 25.2 Å². The van der Waals surface area contributed by atoms with Crippen LogP contribution in [0.25, 0.3) is 17.1 Å². The van der Waals surface area contributed by atoms with Crippen molar-refractivity contribution in [3.05, 3.63) is 36.2 Å². The lowest BCUT2D eigenvalue weighted by atomic mass is 10.1. The molecule has 6 nitrogen and oxygen atoms in total. The van der Waals surface area contributed by atoms with Crippen LogP contribution in [0.15, 0.2) is 30.6 Å². The van der Waals surface area contributed by atoms with Gasteiger partial charge in [-0.25, -0.2) is 10.5 Å². The van der Waals surface area contributed by atoms with Gasteiger partial charge in [-0.15, -0.1) is 0 Å². The summed E-state index contributed by atoms with van der Waals surface area (Å²) in [6.07, 6.45) is 5.99. The molecule has 1 aromatic heterocycles. The van der Waals surface area contributed by atoms with Crippen LogP contribution in [0.3, 0.4) is 0 Å². The van der Waals surface area contributed by atoms with Crippen LogP contribution in [0, 0.1) is 0 Å². The van der Waals surface area contributed by atoms with Crippen molar-refractivity contribution >= 4 is 23.0 Å². The number of hydrogen-bond donors (Lipinski definition) is 2. The molecule has 1 aliphatic rings. The number of imidazole rings is 1. The van der Waals surface area contributed by atoms with Crippen LogP contribution in [0.5, 0.6) is 0 Å². The van der Waals surface area contributed by atoms with Crippen LogP contribution < -0.4 is 5.48 Å². The lowest BCUT2D eigenvalue weighted by molar-refractivity contribution is -0.124. The van der Waals surface area contributed by atoms with Crippen molar-refractivity contribution in [1.29, 1.82) is 0 Å². The SMILES string of the molecule is CCN1CCC(n2cnc3cc(/C=C/C(=O)NO)ccc32)C1. The zero-order valence-electron chi connectivity index (χ0n) is 12.6. The summed E-state index contributed by atoms with van der Waals surface area (Å²) in [4.78, 5) is 17.9. The third kappa shape index (κ3) is 2.88. The van der Waals surface area contributed by atoms with Crippen molar-refractivity contribution in [2.45, 2.75) is 19.4 Å². The number of carbonyl (C=O) groups excluding carboxylic acids is 1. The molecule has 0 radical (unpaired) electrons. The Balaban J connectivity index is 1.84. The number of carbonyl (C=O) groups is 1. The second kappa shape index (κ2) is 6.29. The fourth-order valence-electron chi connectivity index (χ4n) is 2.98. The number of benzene rings is 1. The Kier molecular flexibility index (Phi) is 4.22. The van der Waals surface area contributed by atoms with E-state index >= 15 is 0 Å². The smallest absolute Gasteiger partial charge is 0.267 e. The maximum absolute atomic E-state index is 11.0. The van der Waals surface area contributed by atoms with Gasteiger partial charge in [-0.1, -0.05) is 13.0 Å². The molecule has 1 saturated heterocycles. The molecular formula is C16H20N4O2. The van der Waals surface area contributed by atoms with Crippen LogP contribution >= 0.6 is 0 Å². The lowest BCUT2D eigenvalue weighted by Gasteiger charge is -2.15. The van der Waals surface area contributed by atoms with Crippen LogP contribution in [0.2, 0.25) is 0 Å².